The van der Waals surface area contributed by atoms with Crippen LogP contribution in [0.4, 0.5) is 4.79 Å². The summed E-state index contributed by atoms with van der Waals surface area (Å²) in [6, 6.07) is 18.2. The van der Waals surface area contributed by atoms with Crippen molar-refractivity contribution in [2.75, 3.05) is 0 Å². The van der Waals surface area contributed by atoms with Gasteiger partial charge in [0.1, 0.15) is 5.76 Å². The molecule has 2 aromatic heterocycles. The molecule has 0 saturated carbocycles. The molecule has 0 radical (unpaired) electrons. The normalized spacial score (nSPS) is 16.3. The minimum Gasteiger partial charge on any atom is -0.467 e. The number of benzene rings is 2. The second-order valence-electron chi connectivity index (χ2n) is 7.89. The molecule has 1 atom stereocenters. The van der Waals surface area contributed by atoms with E-state index in [1.807, 2.05) is 56.3 Å². The van der Waals surface area contributed by atoms with Crippen molar-refractivity contribution in [3.63, 3.8) is 0 Å². The first-order chi connectivity index (χ1) is 16.0. The number of allylic oxidation sites excluding steroid dienone is 1. The fraction of sp³-hybridized carbons (Fsp3) is 0.160. The van der Waals surface area contributed by atoms with Crippen molar-refractivity contribution in [2.45, 2.75) is 26.4 Å². The summed E-state index contributed by atoms with van der Waals surface area (Å²) in [5, 5.41) is 7.85. The zero-order valence-corrected chi connectivity index (χ0v) is 18.8. The van der Waals surface area contributed by atoms with Crippen molar-refractivity contribution >= 4 is 23.2 Å². The third-order valence-electron chi connectivity index (χ3n) is 5.64. The molecule has 0 spiro atoms. The van der Waals surface area contributed by atoms with E-state index >= 15 is 0 Å². The first-order valence-electron chi connectivity index (χ1n) is 10.5. The number of hydrogen-bond donors (Lipinski definition) is 1. The van der Waals surface area contributed by atoms with Crippen LogP contribution in [0, 0.1) is 6.92 Å². The third kappa shape index (κ3) is 4.15. The van der Waals surface area contributed by atoms with Gasteiger partial charge in [-0.1, -0.05) is 58.7 Å². The van der Waals surface area contributed by atoms with Crippen molar-refractivity contribution in [2.24, 2.45) is 0 Å². The van der Waals surface area contributed by atoms with Gasteiger partial charge in [0.15, 0.2) is 0 Å². The van der Waals surface area contributed by atoms with Gasteiger partial charge in [-0.05, 0) is 43.7 Å². The highest BCUT2D eigenvalue weighted by Crippen LogP contribution is 2.38. The molecule has 1 N–H and O–H groups in total. The Morgan fingerprint density at radius 2 is 1.91 bits per heavy atom. The molecule has 7 nitrogen and oxygen atoms in total. The Bertz CT molecular complexity index is 1330. The Morgan fingerprint density at radius 1 is 1.09 bits per heavy atom. The van der Waals surface area contributed by atoms with Crippen LogP contribution in [0.2, 0.25) is 5.02 Å². The number of rotatable bonds is 5. The highest BCUT2D eigenvalue weighted by Gasteiger charge is 2.36. The summed E-state index contributed by atoms with van der Waals surface area (Å²) < 4.78 is 11.2. The van der Waals surface area contributed by atoms with Crippen LogP contribution in [0.25, 0.3) is 17.0 Å². The predicted molar refractivity (Wildman–Crippen MR) is 124 cm³/mol. The van der Waals surface area contributed by atoms with E-state index in [2.05, 4.69) is 15.5 Å². The Kier molecular flexibility index (Phi) is 5.48. The summed E-state index contributed by atoms with van der Waals surface area (Å²) in [4.78, 5) is 19.3. The molecular formula is C25H21ClN4O3. The number of furan rings is 1. The molecule has 33 heavy (non-hydrogen) atoms. The fourth-order valence-electron chi connectivity index (χ4n) is 3.89. The van der Waals surface area contributed by atoms with E-state index in [0.717, 1.165) is 22.3 Å². The van der Waals surface area contributed by atoms with E-state index in [-0.39, 0.29) is 12.6 Å². The molecule has 4 aromatic rings. The van der Waals surface area contributed by atoms with E-state index in [1.165, 1.54) is 0 Å². The SMILES string of the molecule is CC1=C(c2nc(-c3cccc(Cl)c3)no2)C(c2ccc(C)cc2)NC(=O)N1Cc1ccco1. The summed E-state index contributed by atoms with van der Waals surface area (Å²) >= 11 is 6.13. The van der Waals surface area contributed by atoms with Crippen LogP contribution >= 0.6 is 11.6 Å². The number of amides is 2. The first-order valence-corrected chi connectivity index (χ1v) is 10.8. The fourth-order valence-corrected chi connectivity index (χ4v) is 4.08. The summed E-state index contributed by atoms with van der Waals surface area (Å²) in [7, 11) is 0. The molecule has 3 heterocycles. The maximum absolute atomic E-state index is 13.1. The van der Waals surface area contributed by atoms with E-state index in [1.54, 1.807) is 29.4 Å². The Morgan fingerprint density at radius 3 is 2.64 bits per heavy atom. The maximum atomic E-state index is 13.1. The smallest absolute Gasteiger partial charge is 0.322 e. The van der Waals surface area contributed by atoms with E-state index < -0.39 is 6.04 Å². The number of urea groups is 1. The van der Waals surface area contributed by atoms with E-state index in [9.17, 15) is 4.79 Å². The molecule has 0 saturated heterocycles. The molecule has 1 unspecified atom stereocenters. The standard InChI is InChI=1S/C25H21ClN4O3/c1-15-8-10-17(11-9-15)22-21(16(2)30(25(31)27-22)14-20-7-4-12-32-20)24-28-23(29-33-24)18-5-3-6-19(26)13-18/h3-13,22H,14H2,1-2H3,(H,27,31). The van der Waals surface area contributed by atoms with Gasteiger partial charge in [0.25, 0.3) is 5.89 Å². The first kappa shape index (κ1) is 21.0. The molecule has 166 valence electrons. The highest BCUT2D eigenvalue weighted by atomic mass is 35.5. The second kappa shape index (κ2) is 8.60. The van der Waals surface area contributed by atoms with Crippen LogP contribution in [-0.2, 0) is 6.54 Å². The van der Waals surface area contributed by atoms with Gasteiger partial charge >= 0.3 is 6.03 Å². The largest absolute Gasteiger partial charge is 0.467 e. The Hall–Kier alpha value is -3.84. The number of carbonyl (C=O) groups excluding carboxylic acids is 1. The van der Waals surface area contributed by atoms with Gasteiger partial charge in [-0.15, -0.1) is 0 Å². The summed E-state index contributed by atoms with van der Waals surface area (Å²) in [5.41, 5.74) is 4.23. The Balaban J connectivity index is 1.60. The Labute approximate surface area is 195 Å². The molecule has 1 aliphatic heterocycles. The van der Waals surface area contributed by atoms with Gasteiger partial charge in [0, 0.05) is 16.3 Å². The monoisotopic (exact) mass is 460 g/mol. The molecule has 8 heteroatoms. The number of carbonyl (C=O) groups is 1. The lowest BCUT2D eigenvalue weighted by atomic mass is 9.94. The predicted octanol–water partition coefficient (Wildman–Crippen LogP) is 5.99. The molecule has 2 amide bonds. The van der Waals surface area contributed by atoms with Crippen molar-refractivity contribution in [3.05, 3.63) is 100 Å². The lowest BCUT2D eigenvalue weighted by Crippen LogP contribution is -2.45. The van der Waals surface area contributed by atoms with Crippen molar-refractivity contribution in [1.82, 2.24) is 20.4 Å². The van der Waals surface area contributed by atoms with Crippen LogP contribution in [0.3, 0.4) is 0 Å². The summed E-state index contributed by atoms with van der Waals surface area (Å²) in [5.74, 6) is 1.42. The van der Waals surface area contributed by atoms with Gasteiger partial charge in [-0.3, -0.25) is 4.90 Å². The van der Waals surface area contributed by atoms with Gasteiger partial charge < -0.3 is 14.3 Å². The van der Waals surface area contributed by atoms with Crippen molar-refractivity contribution in [1.29, 1.82) is 0 Å². The number of nitrogens with one attached hydrogen (secondary N) is 1. The summed E-state index contributed by atoms with van der Waals surface area (Å²) in [6.07, 6.45) is 1.58. The molecule has 0 fully saturated rings. The number of aryl methyl sites for hydroxylation is 1. The minimum atomic E-state index is -0.446. The number of aromatic nitrogens is 2. The average Bonchev–Trinajstić information content (AvgIpc) is 3.49. The second-order valence-corrected chi connectivity index (χ2v) is 8.33. The van der Waals surface area contributed by atoms with Crippen LogP contribution in [0.5, 0.6) is 0 Å². The molecule has 0 aliphatic carbocycles. The topological polar surface area (TPSA) is 84.4 Å². The molecule has 0 bridgehead atoms. The van der Waals surface area contributed by atoms with Crippen LogP contribution in [-0.4, -0.2) is 21.1 Å². The number of halogens is 1. The van der Waals surface area contributed by atoms with Gasteiger partial charge in [-0.2, -0.15) is 4.98 Å². The van der Waals surface area contributed by atoms with E-state index in [4.69, 9.17) is 20.5 Å². The van der Waals surface area contributed by atoms with Crippen molar-refractivity contribution in [3.8, 4) is 11.4 Å². The molecule has 1 aliphatic rings. The van der Waals surface area contributed by atoms with Crippen LogP contribution < -0.4 is 5.32 Å². The van der Waals surface area contributed by atoms with Crippen molar-refractivity contribution < 1.29 is 13.7 Å². The highest BCUT2D eigenvalue weighted by molar-refractivity contribution is 6.30. The molecule has 5 rings (SSSR count). The zero-order valence-electron chi connectivity index (χ0n) is 18.1. The molecule has 2 aromatic carbocycles. The maximum Gasteiger partial charge on any atom is 0.322 e. The van der Waals surface area contributed by atoms with Crippen LogP contribution in [0.1, 0.15) is 35.7 Å². The number of hydrogen-bond acceptors (Lipinski definition) is 5. The molecular weight excluding hydrogens is 440 g/mol. The van der Waals surface area contributed by atoms with Crippen LogP contribution in [0.15, 0.2) is 81.6 Å². The van der Waals surface area contributed by atoms with Gasteiger partial charge in [0.2, 0.25) is 5.82 Å². The van der Waals surface area contributed by atoms with Gasteiger partial charge in [-0.25, -0.2) is 4.79 Å². The van der Waals surface area contributed by atoms with E-state index in [0.29, 0.717) is 28.2 Å². The third-order valence-corrected chi connectivity index (χ3v) is 5.88. The lowest BCUT2D eigenvalue weighted by molar-refractivity contribution is 0.199. The van der Waals surface area contributed by atoms with Gasteiger partial charge in [0.05, 0.1) is 24.4 Å². The zero-order chi connectivity index (χ0) is 22.9. The number of nitrogens with zero attached hydrogens (tertiary/aromatic N) is 3. The summed E-state index contributed by atoms with van der Waals surface area (Å²) in [6.45, 7) is 4.18. The quantitative estimate of drug-likeness (QED) is 0.395. The minimum absolute atomic E-state index is 0.229. The lowest BCUT2D eigenvalue weighted by Gasteiger charge is -2.34. The average molecular weight is 461 g/mol.